The van der Waals surface area contributed by atoms with Gasteiger partial charge in [-0.05, 0) is 6.07 Å². The summed E-state index contributed by atoms with van der Waals surface area (Å²) in [5.74, 6) is 0. The number of nitrogens with zero attached hydrogens (tertiary/aromatic N) is 1. The standard InChI is InChI=1S/C7H2Cl2NO/c8-4-1-6-7(2-5(4)9)11-3-10-6/h1-2H. The second-order valence-corrected chi connectivity index (χ2v) is 2.85. The van der Waals surface area contributed by atoms with E-state index in [0.717, 1.165) is 0 Å². The van der Waals surface area contributed by atoms with Crippen LogP contribution < -0.4 is 0 Å². The Labute approximate surface area is 72.7 Å². The Bertz CT molecular complexity index is 360. The van der Waals surface area contributed by atoms with E-state index < -0.39 is 0 Å². The molecule has 0 unspecified atom stereocenters. The summed E-state index contributed by atoms with van der Waals surface area (Å²) in [6.07, 6.45) is 2.35. The summed E-state index contributed by atoms with van der Waals surface area (Å²) in [6.45, 7) is 0. The average Bonchev–Trinajstić information content (AvgIpc) is 2.36. The van der Waals surface area contributed by atoms with Crippen LogP contribution >= 0.6 is 23.2 Å². The highest BCUT2D eigenvalue weighted by atomic mass is 35.5. The van der Waals surface area contributed by atoms with Gasteiger partial charge in [0, 0.05) is 6.07 Å². The predicted octanol–water partition coefficient (Wildman–Crippen LogP) is 2.93. The minimum Gasteiger partial charge on any atom is -0.432 e. The summed E-state index contributed by atoms with van der Waals surface area (Å²) < 4.78 is 4.87. The van der Waals surface area contributed by atoms with Crippen LogP contribution in [0.25, 0.3) is 11.1 Å². The van der Waals surface area contributed by atoms with Crippen LogP contribution in [0.1, 0.15) is 0 Å². The van der Waals surface area contributed by atoms with Gasteiger partial charge in [-0.3, -0.25) is 0 Å². The number of rotatable bonds is 0. The molecule has 0 aliphatic rings. The Morgan fingerprint density at radius 3 is 2.82 bits per heavy atom. The number of benzene rings is 1. The van der Waals surface area contributed by atoms with E-state index in [1.54, 1.807) is 12.1 Å². The van der Waals surface area contributed by atoms with Gasteiger partial charge in [-0.2, -0.15) is 0 Å². The minimum atomic E-state index is 0.462. The van der Waals surface area contributed by atoms with Gasteiger partial charge >= 0.3 is 0 Å². The molecule has 1 heterocycles. The van der Waals surface area contributed by atoms with E-state index in [2.05, 4.69) is 11.4 Å². The van der Waals surface area contributed by atoms with Gasteiger partial charge in [-0.15, -0.1) is 0 Å². The SMILES string of the molecule is Clc1cc2n[c]oc2cc1Cl. The van der Waals surface area contributed by atoms with E-state index in [4.69, 9.17) is 27.6 Å². The number of fused-ring (bicyclic) bond motifs is 1. The number of aromatic nitrogens is 1. The fourth-order valence-electron chi connectivity index (χ4n) is 0.808. The zero-order valence-corrected chi connectivity index (χ0v) is 6.78. The first-order valence-electron chi connectivity index (χ1n) is 2.89. The summed E-state index contributed by atoms with van der Waals surface area (Å²) in [6, 6.07) is 3.25. The van der Waals surface area contributed by atoms with Crippen LogP contribution in [0.4, 0.5) is 0 Å². The molecule has 0 aliphatic heterocycles. The third kappa shape index (κ3) is 1.08. The molecular weight excluding hydrogens is 185 g/mol. The molecule has 1 radical (unpaired) electrons. The fourth-order valence-corrected chi connectivity index (χ4v) is 1.12. The first-order valence-corrected chi connectivity index (χ1v) is 3.64. The molecule has 0 amide bonds. The zero-order chi connectivity index (χ0) is 7.84. The topological polar surface area (TPSA) is 26.0 Å². The summed E-state index contributed by atoms with van der Waals surface area (Å²) in [7, 11) is 0. The second kappa shape index (κ2) is 2.40. The molecule has 0 saturated heterocycles. The van der Waals surface area contributed by atoms with E-state index in [0.29, 0.717) is 21.1 Å². The largest absolute Gasteiger partial charge is 0.432 e. The molecule has 0 N–H and O–H groups in total. The highest BCUT2D eigenvalue weighted by Gasteiger charge is 2.03. The van der Waals surface area contributed by atoms with Crippen LogP contribution in [-0.2, 0) is 0 Å². The predicted molar refractivity (Wildman–Crippen MR) is 42.9 cm³/mol. The molecule has 0 atom stereocenters. The molecule has 0 spiro atoms. The van der Waals surface area contributed by atoms with Gasteiger partial charge in [0.2, 0.25) is 0 Å². The van der Waals surface area contributed by atoms with Crippen LogP contribution in [0.2, 0.25) is 10.0 Å². The first-order chi connectivity index (χ1) is 5.27. The number of oxazole rings is 1. The van der Waals surface area contributed by atoms with E-state index >= 15 is 0 Å². The van der Waals surface area contributed by atoms with Crippen molar-refractivity contribution in [1.82, 2.24) is 4.98 Å². The Morgan fingerprint density at radius 1 is 1.27 bits per heavy atom. The Balaban J connectivity index is 2.86. The molecule has 11 heavy (non-hydrogen) atoms. The highest BCUT2D eigenvalue weighted by Crippen LogP contribution is 2.26. The molecule has 2 aromatic rings. The number of halogens is 2. The molecule has 2 rings (SSSR count). The van der Waals surface area contributed by atoms with Crippen molar-refractivity contribution in [2.45, 2.75) is 0 Å². The normalized spacial score (nSPS) is 10.7. The summed E-state index contributed by atoms with van der Waals surface area (Å²) in [5, 5.41) is 0.936. The molecular formula is C7H2Cl2NO. The number of hydrogen-bond acceptors (Lipinski definition) is 2. The van der Waals surface area contributed by atoms with Gasteiger partial charge in [0.05, 0.1) is 10.0 Å². The molecule has 2 nitrogen and oxygen atoms in total. The van der Waals surface area contributed by atoms with Crippen molar-refractivity contribution < 1.29 is 4.42 Å². The van der Waals surface area contributed by atoms with Crippen LogP contribution in [-0.4, -0.2) is 4.98 Å². The first kappa shape index (κ1) is 6.95. The Kier molecular flexibility index (Phi) is 1.51. The average molecular weight is 187 g/mol. The van der Waals surface area contributed by atoms with Crippen LogP contribution in [0.3, 0.4) is 0 Å². The van der Waals surface area contributed by atoms with Crippen molar-refractivity contribution in [3.8, 4) is 0 Å². The highest BCUT2D eigenvalue weighted by molar-refractivity contribution is 6.42. The lowest BCUT2D eigenvalue weighted by atomic mass is 10.3. The molecule has 0 aliphatic carbocycles. The summed E-state index contributed by atoms with van der Waals surface area (Å²) in [5.41, 5.74) is 1.26. The summed E-state index contributed by atoms with van der Waals surface area (Å²) >= 11 is 11.4. The van der Waals surface area contributed by atoms with Gasteiger partial charge in [0.1, 0.15) is 5.52 Å². The third-order valence-electron chi connectivity index (χ3n) is 1.32. The number of hydrogen-bond donors (Lipinski definition) is 0. The third-order valence-corrected chi connectivity index (χ3v) is 2.05. The lowest BCUT2D eigenvalue weighted by Crippen LogP contribution is -1.69. The molecule has 1 aromatic heterocycles. The zero-order valence-electron chi connectivity index (χ0n) is 5.27. The molecule has 1 aromatic carbocycles. The molecule has 55 valence electrons. The van der Waals surface area contributed by atoms with E-state index in [9.17, 15) is 0 Å². The fraction of sp³-hybridized carbons (Fsp3) is 0. The van der Waals surface area contributed by atoms with Crippen molar-refractivity contribution in [1.29, 1.82) is 0 Å². The van der Waals surface area contributed by atoms with Gasteiger partial charge < -0.3 is 4.42 Å². The van der Waals surface area contributed by atoms with Crippen LogP contribution in [0, 0.1) is 6.39 Å². The van der Waals surface area contributed by atoms with E-state index in [1.807, 2.05) is 0 Å². The minimum absolute atomic E-state index is 0.462. The maximum absolute atomic E-state index is 5.72. The van der Waals surface area contributed by atoms with Crippen molar-refractivity contribution in [3.05, 3.63) is 28.6 Å². The Hall–Kier alpha value is -0.730. The molecule has 0 fully saturated rings. The van der Waals surface area contributed by atoms with Gasteiger partial charge in [0.25, 0.3) is 6.39 Å². The summed E-state index contributed by atoms with van der Waals surface area (Å²) in [4.78, 5) is 3.79. The van der Waals surface area contributed by atoms with E-state index in [-0.39, 0.29) is 0 Å². The Morgan fingerprint density at radius 2 is 2.00 bits per heavy atom. The molecule has 4 heteroatoms. The van der Waals surface area contributed by atoms with Crippen molar-refractivity contribution in [2.24, 2.45) is 0 Å². The maximum atomic E-state index is 5.72. The van der Waals surface area contributed by atoms with Crippen molar-refractivity contribution >= 4 is 34.3 Å². The van der Waals surface area contributed by atoms with Crippen molar-refractivity contribution in [2.75, 3.05) is 0 Å². The van der Waals surface area contributed by atoms with Gasteiger partial charge in [-0.1, -0.05) is 23.2 Å². The monoisotopic (exact) mass is 186 g/mol. The maximum Gasteiger partial charge on any atom is 0.284 e. The molecule has 0 saturated carbocycles. The van der Waals surface area contributed by atoms with E-state index in [1.165, 1.54) is 0 Å². The van der Waals surface area contributed by atoms with Crippen molar-refractivity contribution in [3.63, 3.8) is 0 Å². The lowest BCUT2D eigenvalue weighted by Gasteiger charge is -1.91. The smallest absolute Gasteiger partial charge is 0.284 e. The molecule has 0 bridgehead atoms. The van der Waals surface area contributed by atoms with Crippen LogP contribution in [0.5, 0.6) is 0 Å². The lowest BCUT2D eigenvalue weighted by molar-refractivity contribution is 0.591. The van der Waals surface area contributed by atoms with Gasteiger partial charge in [-0.25, -0.2) is 4.98 Å². The van der Waals surface area contributed by atoms with Gasteiger partial charge in [0.15, 0.2) is 5.58 Å². The quantitative estimate of drug-likeness (QED) is 0.633. The second-order valence-electron chi connectivity index (χ2n) is 2.04. The van der Waals surface area contributed by atoms with Crippen LogP contribution in [0.15, 0.2) is 16.5 Å².